The maximum atomic E-state index is 13.5. The summed E-state index contributed by atoms with van der Waals surface area (Å²) in [6.45, 7) is 0. The largest absolute Gasteiger partial charge is 0.422 e. The minimum absolute atomic E-state index is 0.0462. The van der Waals surface area contributed by atoms with E-state index in [4.69, 9.17) is 4.42 Å². The van der Waals surface area contributed by atoms with Gasteiger partial charge in [0.2, 0.25) is 0 Å². The Labute approximate surface area is 129 Å². The highest BCUT2D eigenvalue weighted by Crippen LogP contribution is 2.14. The van der Waals surface area contributed by atoms with Crippen LogP contribution in [0.3, 0.4) is 0 Å². The first kappa shape index (κ1) is 14.8. The van der Waals surface area contributed by atoms with Gasteiger partial charge >= 0.3 is 5.63 Å². The Morgan fingerprint density at radius 3 is 2.61 bits per heavy atom. The van der Waals surface area contributed by atoms with Crippen molar-refractivity contribution < 1.29 is 18.0 Å². The fourth-order valence-corrected chi connectivity index (χ4v) is 2.13. The monoisotopic (exact) mass is 312 g/mol. The molecule has 23 heavy (non-hydrogen) atoms. The molecule has 0 bridgehead atoms. The second-order valence-corrected chi connectivity index (χ2v) is 4.85. The summed E-state index contributed by atoms with van der Waals surface area (Å²) in [6.07, 6.45) is 2.24. The van der Waals surface area contributed by atoms with Crippen molar-refractivity contribution in [2.45, 2.75) is 0 Å². The first-order chi connectivity index (χ1) is 11.0. The summed E-state index contributed by atoms with van der Waals surface area (Å²) in [5.41, 5.74) is -0.493. The van der Waals surface area contributed by atoms with Gasteiger partial charge in [0.15, 0.2) is 5.78 Å². The lowest BCUT2D eigenvalue weighted by Crippen LogP contribution is -2.11. The van der Waals surface area contributed by atoms with Crippen LogP contribution in [-0.4, -0.2) is 5.78 Å². The van der Waals surface area contributed by atoms with E-state index in [-0.39, 0.29) is 11.1 Å². The molecule has 0 N–H and O–H groups in total. The molecule has 2 aromatic carbocycles. The van der Waals surface area contributed by atoms with E-state index in [9.17, 15) is 18.4 Å². The maximum Gasteiger partial charge on any atom is 0.347 e. The molecule has 3 aromatic rings. The number of carbonyl (C=O) groups is 1. The zero-order valence-corrected chi connectivity index (χ0v) is 11.8. The number of carbonyl (C=O) groups excluding carboxylic acids is 1. The van der Waals surface area contributed by atoms with Crippen molar-refractivity contribution in [3.8, 4) is 0 Å². The van der Waals surface area contributed by atoms with Gasteiger partial charge in [0, 0.05) is 17.0 Å². The van der Waals surface area contributed by atoms with Gasteiger partial charge in [0.1, 0.15) is 22.8 Å². The van der Waals surface area contributed by atoms with Gasteiger partial charge in [-0.05, 0) is 36.4 Å². The lowest BCUT2D eigenvalue weighted by Gasteiger charge is -1.99. The molecule has 114 valence electrons. The van der Waals surface area contributed by atoms with Crippen molar-refractivity contribution in [1.29, 1.82) is 0 Å². The van der Waals surface area contributed by atoms with Crippen LogP contribution in [-0.2, 0) is 0 Å². The molecule has 0 saturated heterocycles. The molecule has 3 rings (SSSR count). The molecule has 0 aliphatic rings. The summed E-state index contributed by atoms with van der Waals surface area (Å²) in [4.78, 5) is 24.0. The summed E-state index contributed by atoms with van der Waals surface area (Å²) >= 11 is 0. The fourth-order valence-electron chi connectivity index (χ4n) is 2.13. The van der Waals surface area contributed by atoms with Crippen molar-refractivity contribution in [2.24, 2.45) is 0 Å². The van der Waals surface area contributed by atoms with Gasteiger partial charge in [0.05, 0.1) is 0 Å². The third-order valence-corrected chi connectivity index (χ3v) is 3.28. The molecule has 0 atom stereocenters. The number of hydrogen-bond acceptors (Lipinski definition) is 3. The minimum Gasteiger partial charge on any atom is -0.422 e. The molecule has 0 spiro atoms. The van der Waals surface area contributed by atoms with Crippen LogP contribution in [0, 0.1) is 11.6 Å². The summed E-state index contributed by atoms with van der Waals surface area (Å²) in [5.74, 6) is -2.12. The van der Waals surface area contributed by atoms with Gasteiger partial charge in [-0.2, -0.15) is 0 Å². The summed E-state index contributed by atoms with van der Waals surface area (Å²) in [5, 5.41) is 0.608. The highest BCUT2D eigenvalue weighted by Gasteiger charge is 2.11. The number of allylic oxidation sites excluding steroid dienone is 1. The third kappa shape index (κ3) is 3.08. The van der Waals surface area contributed by atoms with E-state index in [1.807, 2.05) is 0 Å². The van der Waals surface area contributed by atoms with E-state index < -0.39 is 23.0 Å². The average Bonchev–Trinajstić information content (AvgIpc) is 2.53. The van der Waals surface area contributed by atoms with Gasteiger partial charge in [-0.3, -0.25) is 4.79 Å². The van der Waals surface area contributed by atoms with Crippen LogP contribution >= 0.6 is 0 Å². The van der Waals surface area contributed by atoms with Gasteiger partial charge in [-0.1, -0.05) is 18.2 Å². The van der Waals surface area contributed by atoms with Crippen molar-refractivity contribution in [1.82, 2.24) is 0 Å². The topological polar surface area (TPSA) is 47.3 Å². The average molecular weight is 312 g/mol. The number of fused-ring (bicyclic) bond motifs is 1. The van der Waals surface area contributed by atoms with Crippen LogP contribution in [0.25, 0.3) is 17.0 Å². The highest BCUT2D eigenvalue weighted by molar-refractivity contribution is 6.07. The van der Waals surface area contributed by atoms with Crippen molar-refractivity contribution in [3.05, 3.63) is 87.8 Å². The maximum absolute atomic E-state index is 13.5. The Morgan fingerprint density at radius 2 is 1.83 bits per heavy atom. The molecule has 1 heterocycles. The Hall–Kier alpha value is -3.08. The van der Waals surface area contributed by atoms with Crippen LogP contribution in [0.4, 0.5) is 8.78 Å². The molecule has 3 nitrogen and oxygen atoms in total. The lowest BCUT2D eigenvalue weighted by molar-refractivity contribution is 0.104. The van der Waals surface area contributed by atoms with Crippen LogP contribution in [0.2, 0.25) is 0 Å². The summed E-state index contributed by atoms with van der Waals surface area (Å²) in [7, 11) is 0. The molecule has 0 fully saturated rings. The van der Waals surface area contributed by atoms with Crippen molar-refractivity contribution in [3.63, 3.8) is 0 Å². The molecule has 0 saturated carbocycles. The lowest BCUT2D eigenvalue weighted by atomic mass is 10.1. The Balaban J connectivity index is 1.95. The Morgan fingerprint density at radius 1 is 1.04 bits per heavy atom. The van der Waals surface area contributed by atoms with E-state index in [2.05, 4.69) is 0 Å². The predicted molar refractivity (Wildman–Crippen MR) is 82.2 cm³/mol. The third-order valence-electron chi connectivity index (χ3n) is 3.28. The number of hydrogen-bond donors (Lipinski definition) is 0. The molecular formula is C18H10F2O3. The zero-order valence-electron chi connectivity index (χ0n) is 11.8. The fraction of sp³-hybridized carbons (Fsp3) is 0. The smallest absolute Gasteiger partial charge is 0.347 e. The molecule has 1 aromatic heterocycles. The summed E-state index contributed by atoms with van der Waals surface area (Å²) < 4.78 is 31.4. The zero-order chi connectivity index (χ0) is 16.4. The van der Waals surface area contributed by atoms with Crippen LogP contribution in [0.5, 0.6) is 0 Å². The van der Waals surface area contributed by atoms with Gasteiger partial charge in [-0.25, -0.2) is 13.6 Å². The minimum atomic E-state index is -0.792. The molecule has 0 aliphatic carbocycles. The van der Waals surface area contributed by atoms with Crippen molar-refractivity contribution in [2.75, 3.05) is 0 Å². The first-order valence-electron chi connectivity index (χ1n) is 6.75. The van der Waals surface area contributed by atoms with Crippen LogP contribution < -0.4 is 5.63 Å². The van der Waals surface area contributed by atoms with Gasteiger partial charge in [0.25, 0.3) is 0 Å². The van der Waals surface area contributed by atoms with E-state index >= 15 is 0 Å². The second kappa shape index (κ2) is 5.96. The number of para-hydroxylation sites is 1. The molecular weight excluding hydrogens is 302 g/mol. The summed E-state index contributed by atoms with van der Waals surface area (Å²) in [6, 6.07) is 11.2. The normalized spacial score (nSPS) is 11.2. The van der Waals surface area contributed by atoms with Gasteiger partial charge < -0.3 is 4.42 Å². The molecule has 0 radical (unpaired) electrons. The number of benzene rings is 2. The molecule has 0 unspecified atom stereocenters. The Bertz CT molecular complexity index is 987. The van der Waals surface area contributed by atoms with E-state index in [0.717, 1.165) is 12.1 Å². The van der Waals surface area contributed by atoms with Crippen LogP contribution in [0.15, 0.2) is 63.8 Å². The highest BCUT2D eigenvalue weighted by atomic mass is 19.1. The molecule has 0 amide bonds. The second-order valence-electron chi connectivity index (χ2n) is 4.85. The van der Waals surface area contributed by atoms with E-state index in [0.29, 0.717) is 17.0 Å². The Kier molecular flexibility index (Phi) is 3.85. The van der Waals surface area contributed by atoms with Crippen molar-refractivity contribution >= 4 is 22.8 Å². The van der Waals surface area contributed by atoms with Crippen LogP contribution in [0.1, 0.15) is 15.9 Å². The van der Waals surface area contributed by atoms with E-state index in [1.54, 1.807) is 24.3 Å². The number of ketones is 1. The predicted octanol–water partition coefficient (Wildman–Crippen LogP) is 3.97. The molecule has 0 aliphatic heterocycles. The molecule has 5 heteroatoms. The number of halogens is 2. The van der Waals surface area contributed by atoms with E-state index in [1.165, 1.54) is 18.2 Å². The SMILES string of the molecule is O=C(C=Cc1ccc(F)cc1F)c1cc2ccccc2oc1=O. The van der Waals surface area contributed by atoms with Gasteiger partial charge in [-0.15, -0.1) is 0 Å². The quantitative estimate of drug-likeness (QED) is 0.418. The standard InChI is InChI=1S/C18H10F2O3/c19-13-7-5-11(15(20)10-13)6-8-16(21)14-9-12-3-1-2-4-17(12)23-18(14)22/h1-10H. The first-order valence-corrected chi connectivity index (χ1v) is 6.75. The number of rotatable bonds is 3.